The first kappa shape index (κ1) is 24.0. The number of sulfonamides is 1. The second-order valence-electron chi connectivity index (χ2n) is 7.21. The number of methoxy groups -OCH3 is 1. The van der Waals surface area contributed by atoms with Crippen molar-refractivity contribution in [3.8, 4) is 5.75 Å². The van der Waals surface area contributed by atoms with Gasteiger partial charge in [0.1, 0.15) is 5.75 Å². The molecule has 0 radical (unpaired) electrons. The average Bonchev–Trinajstić information content (AvgIpc) is 3.14. The van der Waals surface area contributed by atoms with E-state index in [1.807, 2.05) is 0 Å². The number of carbonyl (C=O) groups excluding carboxylic acids is 1. The van der Waals surface area contributed by atoms with Gasteiger partial charge in [0.15, 0.2) is 9.84 Å². The number of carbonyl (C=O) groups is 1. The fourth-order valence-electron chi connectivity index (χ4n) is 3.54. The number of ether oxygens (including phenoxy) is 1. The van der Waals surface area contributed by atoms with Crippen LogP contribution in [0.1, 0.15) is 24.2 Å². The Morgan fingerprint density at radius 3 is 2.09 bits per heavy atom. The van der Waals surface area contributed by atoms with Gasteiger partial charge in [-0.3, -0.25) is 4.79 Å². The summed E-state index contributed by atoms with van der Waals surface area (Å²) in [4.78, 5) is 14.9. The standard InChI is InChI=1S/C22H26N2O6S2/c1-4-23(5-2)32(28,29)21-12-6-17(7-13-21)22(25)24(19-14-15-31(26,27)16-19)18-8-10-20(30-3)11-9-18/h6-15,19H,4-5,16H2,1-3H3. The molecule has 0 bridgehead atoms. The van der Waals surface area contributed by atoms with E-state index in [2.05, 4.69) is 0 Å². The summed E-state index contributed by atoms with van der Waals surface area (Å²) in [5, 5.41) is 1.11. The molecule has 0 saturated heterocycles. The predicted molar refractivity (Wildman–Crippen MR) is 123 cm³/mol. The number of sulfone groups is 1. The number of hydrogen-bond acceptors (Lipinski definition) is 6. The quantitative estimate of drug-likeness (QED) is 0.578. The van der Waals surface area contributed by atoms with Gasteiger partial charge in [0.05, 0.1) is 23.8 Å². The Morgan fingerprint density at radius 1 is 1.03 bits per heavy atom. The maximum atomic E-state index is 13.4. The van der Waals surface area contributed by atoms with E-state index in [4.69, 9.17) is 4.74 Å². The molecule has 1 amide bonds. The maximum Gasteiger partial charge on any atom is 0.258 e. The van der Waals surface area contributed by atoms with Gasteiger partial charge in [-0.15, -0.1) is 0 Å². The number of nitrogens with zero attached hydrogens (tertiary/aromatic N) is 2. The summed E-state index contributed by atoms with van der Waals surface area (Å²) in [6, 6.07) is 11.7. The van der Waals surface area contributed by atoms with Crippen LogP contribution in [0.4, 0.5) is 5.69 Å². The summed E-state index contributed by atoms with van der Waals surface area (Å²) in [5.74, 6) is -0.0606. The molecular weight excluding hydrogens is 452 g/mol. The largest absolute Gasteiger partial charge is 0.497 e. The molecule has 3 rings (SSSR count). The van der Waals surface area contributed by atoms with Gasteiger partial charge in [-0.05, 0) is 54.6 Å². The van der Waals surface area contributed by atoms with E-state index in [9.17, 15) is 21.6 Å². The topological polar surface area (TPSA) is 101 Å². The molecule has 0 fully saturated rings. The summed E-state index contributed by atoms with van der Waals surface area (Å²) in [6.45, 7) is 4.20. The van der Waals surface area contributed by atoms with E-state index in [1.54, 1.807) is 38.1 Å². The second-order valence-corrected chi connectivity index (χ2v) is 11.1. The summed E-state index contributed by atoms with van der Waals surface area (Å²) in [7, 11) is -5.53. The Bertz CT molecular complexity index is 1200. The Hall–Kier alpha value is -2.69. The van der Waals surface area contributed by atoms with Crippen molar-refractivity contribution in [2.75, 3.05) is 30.9 Å². The lowest BCUT2D eigenvalue weighted by Crippen LogP contribution is -2.41. The lowest BCUT2D eigenvalue weighted by molar-refractivity contribution is 0.0983. The van der Waals surface area contributed by atoms with Crippen molar-refractivity contribution in [3.05, 3.63) is 65.6 Å². The third-order valence-corrected chi connectivity index (χ3v) is 8.70. The average molecular weight is 479 g/mol. The third-order valence-electron chi connectivity index (χ3n) is 5.26. The van der Waals surface area contributed by atoms with E-state index < -0.39 is 31.8 Å². The zero-order chi connectivity index (χ0) is 23.5. The number of amides is 1. The molecule has 2 aromatic carbocycles. The molecule has 10 heteroatoms. The molecule has 0 saturated carbocycles. The lowest BCUT2D eigenvalue weighted by atomic mass is 10.1. The lowest BCUT2D eigenvalue weighted by Gasteiger charge is -2.28. The SMILES string of the molecule is CCN(CC)S(=O)(=O)c1ccc(C(=O)N(c2ccc(OC)cc2)C2C=CS(=O)(=O)C2)cc1. The zero-order valence-electron chi connectivity index (χ0n) is 18.1. The fraction of sp³-hybridized carbons (Fsp3) is 0.318. The first-order valence-electron chi connectivity index (χ1n) is 10.1. The first-order chi connectivity index (χ1) is 15.1. The highest BCUT2D eigenvalue weighted by Crippen LogP contribution is 2.27. The fourth-order valence-corrected chi connectivity index (χ4v) is 6.27. The molecule has 172 valence electrons. The van der Waals surface area contributed by atoms with Gasteiger partial charge in [0.25, 0.3) is 5.91 Å². The predicted octanol–water partition coefficient (Wildman–Crippen LogP) is 2.68. The molecule has 0 N–H and O–H groups in total. The molecule has 8 nitrogen and oxygen atoms in total. The van der Waals surface area contributed by atoms with Crippen LogP contribution in [0.25, 0.3) is 0 Å². The Balaban J connectivity index is 1.97. The normalized spacial score (nSPS) is 17.4. The molecule has 0 spiro atoms. The molecular formula is C22H26N2O6S2. The minimum absolute atomic E-state index is 0.0945. The molecule has 1 heterocycles. The van der Waals surface area contributed by atoms with Crippen LogP contribution in [-0.2, 0) is 19.9 Å². The summed E-state index contributed by atoms with van der Waals surface area (Å²) >= 11 is 0. The van der Waals surface area contributed by atoms with Crippen molar-refractivity contribution >= 4 is 31.5 Å². The van der Waals surface area contributed by atoms with Crippen molar-refractivity contribution in [1.29, 1.82) is 0 Å². The van der Waals surface area contributed by atoms with Gasteiger partial charge in [0.2, 0.25) is 10.0 Å². The highest BCUT2D eigenvalue weighted by molar-refractivity contribution is 7.94. The molecule has 1 atom stereocenters. The van der Waals surface area contributed by atoms with Crippen molar-refractivity contribution in [2.45, 2.75) is 24.8 Å². The van der Waals surface area contributed by atoms with Crippen LogP contribution in [0, 0.1) is 0 Å². The van der Waals surface area contributed by atoms with E-state index in [1.165, 1.54) is 46.7 Å². The van der Waals surface area contributed by atoms with Crippen molar-refractivity contribution < 1.29 is 26.4 Å². The third kappa shape index (κ3) is 4.87. The van der Waals surface area contributed by atoms with E-state index in [-0.39, 0.29) is 16.2 Å². The van der Waals surface area contributed by atoms with Gasteiger partial charge in [-0.25, -0.2) is 16.8 Å². The number of hydrogen-bond donors (Lipinski definition) is 0. The van der Waals surface area contributed by atoms with Crippen LogP contribution in [0.2, 0.25) is 0 Å². The van der Waals surface area contributed by atoms with Gasteiger partial charge in [-0.2, -0.15) is 4.31 Å². The molecule has 2 aromatic rings. The monoisotopic (exact) mass is 478 g/mol. The first-order valence-corrected chi connectivity index (χ1v) is 13.3. The minimum atomic E-state index is -3.65. The summed E-state index contributed by atoms with van der Waals surface area (Å²) < 4.78 is 55.9. The highest BCUT2D eigenvalue weighted by Gasteiger charge is 2.32. The van der Waals surface area contributed by atoms with E-state index in [0.29, 0.717) is 24.5 Å². The summed E-state index contributed by atoms with van der Waals surface area (Å²) in [6.07, 6.45) is 1.48. The molecule has 1 aliphatic rings. The van der Waals surface area contributed by atoms with E-state index >= 15 is 0 Å². The van der Waals surface area contributed by atoms with Gasteiger partial charge in [-0.1, -0.05) is 13.8 Å². The number of anilines is 1. The Labute approximate surface area is 189 Å². The van der Waals surface area contributed by atoms with Crippen LogP contribution in [0.3, 0.4) is 0 Å². The maximum absolute atomic E-state index is 13.4. The smallest absolute Gasteiger partial charge is 0.258 e. The molecule has 0 aromatic heterocycles. The molecule has 0 aliphatic carbocycles. The van der Waals surface area contributed by atoms with Crippen LogP contribution < -0.4 is 9.64 Å². The Morgan fingerprint density at radius 2 is 1.62 bits per heavy atom. The van der Waals surface area contributed by atoms with Crippen molar-refractivity contribution in [2.24, 2.45) is 0 Å². The van der Waals surface area contributed by atoms with Gasteiger partial charge >= 0.3 is 0 Å². The number of benzene rings is 2. The van der Waals surface area contributed by atoms with Crippen LogP contribution >= 0.6 is 0 Å². The molecule has 1 unspecified atom stereocenters. The second kappa shape index (κ2) is 9.43. The molecule has 1 aliphatic heterocycles. The van der Waals surface area contributed by atoms with Gasteiger partial charge in [0, 0.05) is 29.7 Å². The van der Waals surface area contributed by atoms with Crippen LogP contribution in [0.15, 0.2) is 64.9 Å². The van der Waals surface area contributed by atoms with Crippen LogP contribution in [-0.4, -0.2) is 59.0 Å². The highest BCUT2D eigenvalue weighted by atomic mass is 32.2. The zero-order valence-corrected chi connectivity index (χ0v) is 19.8. The van der Waals surface area contributed by atoms with Crippen molar-refractivity contribution in [3.63, 3.8) is 0 Å². The minimum Gasteiger partial charge on any atom is -0.497 e. The molecule has 32 heavy (non-hydrogen) atoms. The Kier molecular flexibility index (Phi) is 7.06. The summed E-state index contributed by atoms with van der Waals surface area (Å²) in [5.41, 5.74) is 0.749. The van der Waals surface area contributed by atoms with E-state index in [0.717, 1.165) is 5.41 Å². The van der Waals surface area contributed by atoms with Crippen molar-refractivity contribution in [1.82, 2.24) is 4.31 Å². The number of rotatable bonds is 8. The van der Waals surface area contributed by atoms with Gasteiger partial charge < -0.3 is 9.64 Å². The van der Waals surface area contributed by atoms with Crippen LogP contribution in [0.5, 0.6) is 5.75 Å².